The lowest BCUT2D eigenvalue weighted by atomic mass is 9.99. The number of amides is 1. The molecule has 1 amide bonds. The standard InChI is InChI=1S/C11H20N2O4S/c1-10(2,3)17-9(14)13-7-11(8-13)6-12-4-5-18(11,15)16/h12H,4-8H2,1-3H3. The SMILES string of the molecule is CC(C)(C)OC(=O)N1CC2(CNCCS2(=O)=O)C1. The zero-order valence-corrected chi connectivity index (χ0v) is 11.8. The summed E-state index contributed by atoms with van der Waals surface area (Å²) < 4.78 is 28.5. The molecule has 0 bridgehead atoms. The minimum absolute atomic E-state index is 0.148. The van der Waals surface area contributed by atoms with Gasteiger partial charge in [-0.2, -0.15) is 0 Å². The van der Waals surface area contributed by atoms with Gasteiger partial charge in [-0.05, 0) is 20.8 Å². The summed E-state index contributed by atoms with van der Waals surface area (Å²) in [5.74, 6) is 0.148. The van der Waals surface area contributed by atoms with Crippen molar-refractivity contribution in [3.05, 3.63) is 0 Å². The summed E-state index contributed by atoms with van der Waals surface area (Å²) in [4.78, 5) is 13.2. The number of hydrogen-bond donors (Lipinski definition) is 1. The van der Waals surface area contributed by atoms with Crippen LogP contribution in [0.1, 0.15) is 20.8 Å². The van der Waals surface area contributed by atoms with E-state index >= 15 is 0 Å². The van der Waals surface area contributed by atoms with E-state index in [1.165, 1.54) is 4.90 Å². The van der Waals surface area contributed by atoms with Crippen molar-refractivity contribution in [2.75, 3.05) is 31.9 Å². The van der Waals surface area contributed by atoms with Crippen LogP contribution in [-0.4, -0.2) is 61.7 Å². The summed E-state index contributed by atoms with van der Waals surface area (Å²) in [5.41, 5.74) is -0.552. The number of hydrogen-bond acceptors (Lipinski definition) is 5. The third kappa shape index (κ3) is 2.33. The largest absolute Gasteiger partial charge is 0.444 e. The molecule has 2 rings (SSSR count). The number of nitrogens with one attached hydrogen (secondary N) is 1. The predicted octanol–water partition coefficient (Wildman–Crippen LogP) is -0.00610. The van der Waals surface area contributed by atoms with E-state index in [2.05, 4.69) is 5.32 Å². The van der Waals surface area contributed by atoms with Gasteiger partial charge in [0.05, 0.1) is 5.75 Å². The van der Waals surface area contributed by atoms with E-state index in [0.29, 0.717) is 13.1 Å². The van der Waals surface area contributed by atoms with Gasteiger partial charge in [-0.25, -0.2) is 13.2 Å². The van der Waals surface area contributed by atoms with Crippen molar-refractivity contribution in [2.45, 2.75) is 31.1 Å². The Balaban J connectivity index is 1.99. The van der Waals surface area contributed by atoms with E-state index in [-0.39, 0.29) is 18.8 Å². The molecule has 1 N–H and O–H groups in total. The summed E-state index contributed by atoms with van der Waals surface area (Å²) in [7, 11) is -3.11. The highest BCUT2D eigenvalue weighted by molar-refractivity contribution is 7.93. The fraction of sp³-hybridized carbons (Fsp3) is 0.909. The van der Waals surface area contributed by atoms with Crippen LogP contribution in [0.25, 0.3) is 0 Å². The molecule has 18 heavy (non-hydrogen) atoms. The third-order valence-electron chi connectivity index (χ3n) is 3.26. The molecule has 0 radical (unpaired) electrons. The number of rotatable bonds is 0. The second-order valence-corrected chi connectivity index (χ2v) is 8.52. The lowest BCUT2D eigenvalue weighted by molar-refractivity contribution is 0.00330. The van der Waals surface area contributed by atoms with Crippen molar-refractivity contribution in [3.8, 4) is 0 Å². The van der Waals surface area contributed by atoms with Gasteiger partial charge in [0.25, 0.3) is 0 Å². The summed E-state index contributed by atoms with van der Waals surface area (Å²) in [6.07, 6.45) is -0.436. The Kier molecular flexibility index (Phi) is 3.09. The molecule has 0 atom stereocenters. The lowest BCUT2D eigenvalue weighted by Crippen LogP contribution is -2.73. The van der Waals surface area contributed by atoms with E-state index in [0.717, 1.165) is 0 Å². The topological polar surface area (TPSA) is 75.7 Å². The van der Waals surface area contributed by atoms with E-state index in [9.17, 15) is 13.2 Å². The highest BCUT2D eigenvalue weighted by Gasteiger charge is 2.56. The minimum Gasteiger partial charge on any atom is -0.444 e. The Morgan fingerprint density at radius 3 is 2.44 bits per heavy atom. The van der Waals surface area contributed by atoms with Crippen molar-refractivity contribution < 1.29 is 17.9 Å². The predicted molar refractivity (Wildman–Crippen MR) is 67.2 cm³/mol. The number of carbonyl (C=O) groups excluding carboxylic acids is 1. The fourth-order valence-electron chi connectivity index (χ4n) is 2.26. The molecular weight excluding hydrogens is 256 g/mol. The van der Waals surface area contributed by atoms with Gasteiger partial charge in [0.2, 0.25) is 0 Å². The Morgan fingerprint density at radius 1 is 1.33 bits per heavy atom. The summed E-state index contributed by atoms with van der Waals surface area (Å²) in [6, 6.07) is 0. The van der Waals surface area contributed by atoms with Gasteiger partial charge in [0.1, 0.15) is 10.3 Å². The second-order valence-electron chi connectivity index (χ2n) is 6.02. The monoisotopic (exact) mass is 276 g/mol. The quantitative estimate of drug-likeness (QED) is 0.673. The van der Waals surface area contributed by atoms with E-state index in [1.54, 1.807) is 20.8 Å². The summed E-state index contributed by atoms with van der Waals surface area (Å²) in [6.45, 7) is 6.76. The van der Waals surface area contributed by atoms with Crippen LogP contribution in [0.5, 0.6) is 0 Å². The van der Waals surface area contributed by atoms with Crippen LogP contribution in [0.3, 0.4) is 0 Å². The Labute approximate surface area is 108 Å². The van der Waals surface area contributed by atoms with Crippen LogP contribution in [0.2, 0.25) is 0 Å². The van der Waals surface area contributed by atoms with Crippen LogP contribution in [0.4, 0.5) is 4.79 Å². The second kappa shape index (κ2) is 4.09. The van der Waals surface area contributed by atoms with Gasteiger partial charge >= 0.3 is 6.09 Å². The van der Waals surface area contributed by atoms with Crippen molar-refractivity contribution in [3.63, 3.8) is 0 Å². The smallest absolute Gasteiger partial charge is 0.410 e. The first-order chi connectivity index (χ1) is 8.15. The molecule has 0 aromatic carbocycles. The van der Waals surface area contributed by atoms with Gasteiger partial charge in [-0.15, -0.1) is 0 Å². The van der Waals surface area contributed by atoms with Gasteiger partial charge in [0.15, 0.2) is 9.84 Å². The van der Waals surface area contributed by atoms with E-state index < -0.39 is 26.3 Å². The lowest BCUT2D eigenvalue weighted by Gasteiger charge is -2.50. The van der Waals surface area contributed by atoms with E-state index in [1.807, 2.05) is 0 Å². The maximum absolute atomic E-state index is 12.0. The molecule has 2 saturated heterocycles. The molecule has 0 aromatic rings. The highest BCUT2D eigenvalue weighted by atomic mass is 32.2. The molecule has 0 saturated carbocycles. The molecule has 0 aliphatic carbocycles. The highest BCUT2D eigenvalue weighted by Crippen LogP contribution is 2.32. The van der Waals surface area contributed by atoms with Gasteiger partial charge in [0, 0.05) is 26.2 Å². The van der Waals surface area contributed by atoms with Crippen LogP contribution in [-0.2, 0) is 14.6 Å². The number of sulfone groups is 1. The van der Waals surface area contributed by atoms with Gasteiger partial charge in [-0.1, -0.05) is 0 Å². The molecule has 2 aliphatic rings. The molecule has 2 aliphatic heterocycles. The molecule has 104 valence electrons. The first kappa shape index (κ1) is 13.6. The van der Waals surface area contributed by atoms with Crippen LogP contribution in [0, 0.1) is 0 Å². The maximum Gasteiger partial charge on any atom is 0.410 e. The molecule has 0 aromatic heterocycles. The van der Waals surface area contributed by atoms with Crippen LogP contribution < -0.4 is 5.32 Å². The molecule has 2 heterocycles. The third-order valence-corrected chi connectivity index (χ3v) is 5.73. The summed E-state index contributed by atoms with van der Waals surface area (Å²) in [5, 5.41) is 3.08. The molecule has 7 heteroatoms. The Hall–Kier alpha value is -0.820. The van der Waals surface area contributed by atoms with Crippen LogP contribution in [0.15, 0.2) is 0 Å². The number of nitrogens with zero attached hydrogens (tertiary/aromatic N) is 1. The zero-order chi connectivity index (χ0) is 13.6. The Bertz CT molecular complexity index is 446. The van der Waals surface area contributed by atoms with E-state index in [4.69, 9.17) is 4.74 Å². The van der Waals surface area contributed by atoms with Crippen molar-refractivity contribution in [1.29, 1.82) is 0 Å². The summed E-state index contributed by atoms with van der Waals surface area (Å²) >= 11 is 0. The Morgan fingerprint density at radius 2 is 1.94 bits per heavy atom. The number of likely N-dealkylation sites (tertiary alicyclic amines) is 1. The first-order valence-corrected chi connectivity index (χ1v) is 7.71. The first-order valence-electron chi connectivity index (χ1n) is 6.06. The molecule has 0 unspecified atom stereocenters. The molecule has 1 spiro atoms. The average molecular weight is 276 g/mol. The fourth-order valence-corrected chi connectivity index (χ4v) is 4.14. The number of carbonyl (C=O) groups is 1. The van der Waals surface area contributed by atoms with Crippen LogP contribution >= 0.6 is 0 Å². The molecular formula is C11H20N2O4S. The normalized spacial score (nSPS) is 25.6. The number of ether oxygens (including phenoxy) is 1. The minimum atomic E-state index is -3.11. The average Bonchev–Trinajstić information content (AvgIpc) is 2.10. The maximum atomic E-state index is 12.0. The van der Waals surface area contributed by atoms with Crippen molar-refractivity contribution in [1.82, 2.24) is 10.2 Å². The van der Waals surface area contributed by atoms with Gasteiger partial charge < -0.3 is 15.0 Å². The molecule has 2 fully saturated rings. The zero-order valence-electron chi connectivity index (χ0n) is 11.0. The van der Waals surface area contributed by atoms with Crippen molar-refractivity contribution >= 4 is 15.9 Å². The van der Waals surface area contributed by atoms with Gasteiger partial charge in [-0.3, -0.25) is 0 Å². The molecule has 6 nitrogen and oxygen atoms in total. The van der Waals surface area contributed by atoms with Crippen molar-refractivity contribution in [2.24, 2.45) is 0 Å².